The molecule has 0 unspecified atom stereocenters. The number of para-hydroxylation sites is 1. The lowest BCUT2D eigenvalue weighted by Gasteiger charge is -2.07. The van der Waals surface area contributed by atoms with Gasteiger partial charge in [-0.15, -0.1) is 0 Å². The molecule has 0 aliphatic carbocycles. The molecule has 3 rings (SSSR count). The first-order valence-electron chi connectivity index (χ1n) is 7.70. The van der Waals surface area contributed by atoms with Crippen LogP contribution in [0, 0.1) is 0 Å². The van der Waals surface area contributed by atoms with E-state index in [1.807, 2.05) is 30.3 Å². The predicted molar refractivity (Wildman–Crippen MR) is 91.1 cm³/mol. The van der Waals surface area contributed by atoms with Gasteiger partial charge in [-0.05, 0) is 41.7 Å². The van der Waals surface area contributed by atoms with Gasteiger partial charge in [0.2, 0.25) is 0 Å². The van der Waals surface area contributed by atoms with Gasteiger partial charge < -0.3 is 4.74 Å². The van der Waals surface area contributed by atoms with Crippen molar-refractivity contribution in [2.24, 2.45) is 0 Å². The van der Waals surface area contributed by atoms with E-state index >= 15 is 0 Å². The first kappa shape index (κ1) is 14.4. The highest BCUT2D eigenvalue weighted by molar-refractivity contribution is 5.26. The molecular formula is C21H20O. The third kappa shape index (κ3) is 4.23. The molecule has 0 saturated carbocycles. The summed E-state index contributed by atoms with van der Waals surface area (Å²) in [5.74, 6) is 0.913. The van der Waals surface area contributed by atoms with Crippen molar-refractivity contribution >= 4 is 0 Å². The molecule has 0 saturated heterocycles. The molecule has 0 atom stereocenters. The second kappa shape index (κ2) is 7.46. The van der Waals surface area contributed by atoms with Crippen LogP contribution in [0.2, 0.25) is 0 Å². The van der Waals surface area contributed by atoms with Crippen molar-refractivity contribution in [3.8, 4) is 5.75 Å². The van der Waals surface area contributed by atoms with E-state index in [1.54, 1.807) is 0 Å². The van der Waals surface area contributed by atoms with Crippen molar-refractivity contribution in [3.63, 3.8) is 0 Å². The molecule has 110 valence electrons. The van der Waals surface area contributed by atoms with E-state index in [0.717, 1.165) is 18.6 Å². The summed E-state index contributed by atoms with van der Waals surface area (Å²) in [6.45, 7) is 0.614. The van der Waals surface area contributed by atoms with Gasteiger partial charge in [0.25, 0.3) is 0 Å². The molecule has 3 aromatic rings. The fourth-order valence-corrected chi connectivity index (χ4v) is 2.42. The van der Waals surface area contributed by atoms with Gasteiger partial charge in [0.1, 0.15) is 12.4 Å². The fraction of sp³-hybridized carbons (Fsp3) is 0.143. The normalized spacial score (nSPS) is 10.4. The van der Waals surface area contributed by atoms with Crippen molar-refractivity contribution in [1.29, 1.82) is 0 Å². The lowest BCUT2D eigenvalue weighted by Crippen LogP contribution is -1.96. The smallest absolute Gasteiger partial charge is 0.119 e. The van der Waals surface area contributed by atoms with Crippen molar-refractivity contribution in [1.82, 2.24) is 0 Å². The number of rotatable bonds is 6. The molecule has 0 aliphatic rings. The third-order valence-electron chi connectivity index (χ3n) is 3.72. The van der Waals surface area contributed by atoms with E-state index in [-0.39, 0.29) is 0 Å². The molecule has 3 aromatic carbocycles. The number of hydrogen-bond donors (Lipinski definition) is 0. The Bertz CT molecular complexity index is 610. The van der Waals surface area contributed by atoms with Crippen LogP contribution in [0.4, 0.5) is 0 Å². The number of benzene rings is 3. The Morgan fingerprint density at radius 3 is 1.64 bits per heavy atom. The van der Waals surface area contributed by atoms with Crippen LogP contribution in [0.15, 0.2) is 84.9 Å². The number of hydrogen-bond acceptors (Lipinski definition) is 1. The second-order valence-corrected chi connectivity index (χ2v) is 5.40. The van der Waals surface area contributed by atoms with Crippen LogP contribution in [-0.4, -0.2) is 0 Å². The number of aryl methyl sites for hydroxylation is 2. The van der Waals surface area contributed by atoms with Gasteiger partial charge in [0.05, 0.1) is 0 Å². The summed E-state index contributed by atoms with van der Waals surface area (Å²) in [7, 11) is 0. The van der Waals surface area contributed by atoms with E-state index in [4.69, 9.17) is 4.74 Å². The van der Waals surface area contributed by atoms with Crippen molar-refractivity contribution < 1.29 is 4.74 Å². The molecule has 1 heteroatoms. The van der Waals surface area contributed by atoms with Gasteiger partial charge in [-0.3, -0.25) is 0 Å². The van der Waals surface area contributed by atoms with E-state index in [0.29, 0.717) is 6.61 Å². The Labute approximate surface area is 132 Å². The van der Waals surface area contributed by atoms with Crippen LogP contribution in [0.5, 0.6) is 5.75 Å². The topological polar surface area (TPSA) is 9.23 Å². The second-order valence-electron chi connectivity index (χ2n) is 5.40. The minimum absolute atomic E-state index is 0.614. The molecule has 0 spiro atoms. The van der Waals surface area contributed by atoms with Crippen LogP contribution in [0.25, 0.3) is 0 Å². The molecule has 22 heavy (non-hydrogen) atoms. The van der Waals surface area contributed by atoms with Crippen LogP contribution >= 0.6 is 0 Å². The summed E-state index contributed by atoms with van der Waals surface area (Å²) in [5, 5.41) is 0. The Kier molecular flexibility index (Phi) is 4.88. The largest absolute Gasteiger partial charge is 0.489 e. The van der Waals surface area contributed by atoms with Crippen LogP contribution < -0.4 is 4.74 Å². The van der Waals surface area contributed by atoms with Crippen molar-refractivity contribution in [2.45, 2.75) is 19.4 Å². The zero-order chi connectivity index (χ0) is 15.0. The van der Waals surface area contributed by atoms with E-state index in [2.05, 4.69) is 54.6 Å². The lowest BCUT2D eigenvalue weighted by atomic mass is 10.0. The molecule has 0 aliphatic heterocycles. The minimum Gasteiger partial charge on any atom is -0.489 e. The maximum atomic E-state index is 5.76. The molecule has 1 nitrogen and oxygen atoms in total. The Morgan fingerprint density at radius 2 is 1.00 bits per heavy atom. The molecule has 0 radical (unpaired) electrons. The highest BCUT2D eigenvalue weighted by Gasteiger charge is 1.98. The van der Waals surface area contributed by atoms with E-state index < -0.39 is 0 Å². The highest BCUT2D eigenvalue weighted by Crippen LogP contribution is 2.13. The third-order valence-corrected chi connectivity index (χ3v) is 3.72. The van der Waals surface area contributed by atoms with Gasteiger partial charge in [0.15, 0.2) is 0 Å². The maximum absolute atomic E-state index is 5.76. The van der Waals surface area contributed by atoms with E-state index in [9.17, 15) is 0 Å². The van der Waals surface area contributed by atoms with Gasteiger partial charge in [0, 0.05) is 0 Å². The van der Waals surface area contributed by atoms with E-state index in [1.165, 1.54) is 16.7 Å². The average molecular weight is 288 g/mol. The van der Waals surface area contributed by atoms with Gasteiger partial charge in [-0.1, -0.05) is 72.8 Å². The Morgan fingerprint density at radius 1 is 0.500 bits per heavy atom. The SMILES string of the molecule is c1ccc(CCc2ccc(COc3ccccc3)cc2)cc1. The Balaban J connectivity index is 1.52. The summed E-state index contributed by atoms with van der Waals surface area (Å²) in [5.41, 5.74) is 3.96. The molecule has 0 bridgehead atoms. The van der Waals surface area contributed by atoms with Crippen molar-refractivity contribution in [2.75, 3.05) is 0 Å². The maximum Gasteiger partial charge on any atom is 0.119 e. The lowest BCUT2D eigenvalue weighted by molar-refractivity contribution is 0.306. The molecule has 0 amide bonds. The average Bonchev–Trinajstić information content (AvgIpc) is 2.61. The van der Waals surface area contributed by atoms with Gasteiger partial charge in [-0.2, -0.15) is 0 Å². The number of ether oxygens (including phenoxy) is 1. The van der Waals surface area contributed by atoms with Gasteiger partial charge >= 0.3 is 0 Å². The molecule has 0 aromatic heterocycles. The summed E-state index contributed by atoms with van der Waals surface area (Å²) in [6, 6.07) is 29.3. The molecule has 0 heterocycles. The zero-order valence-corrected chi connectivity index (χ0v) is 12.6. The summed E-state index contributed by atoms with van der Waals surface area (Å²) in [4.78, 5) is 0. The minimum atomic E-state index is 0.614. The molecule has 0 fully saturated rings. The van der Waals surface area contributed by atoms with Crippen LogP contribution in [0.1, 0.15) is 16.7 Å². The van der Waals surface area contributed by atoms with Crippen LogP contribution in [0.3, 0.4) is 0 Å². The summed E-state index contributed by atoms with van der Waals surface area (Å²) >= 11 is 0. The zero-order valence-electron chi connectivity index (χ0n) is 12.6. The molecular weight excluding hydrogens is 268 g/mol. The molecule has 0 N–H and O–H groups in total. The summed E-state index contributed by atoms with van der Waals surface area (Å²) in [6.07, 6.45) is 2.16. The van der Waals surface area contributed by atoms with Crippen molar-refractivity contribution in [3.05, 3.63) is 102 Å². The van der Waals surface area contributed by atoms with Gasteiger partial charge in [-0.25, -0.2) is 0 Å². The first-order chi connectivity index (χ1) is 10.9. The van der Waals surface area contributed by atoms with Crippen LogP contribution in [-0.2, 0) is 19.4 Å². The predicted octanol–water partition coefficient (Wildman–Crippen LogP) is 5.05. The highest BCUT2D eigenvalue weighted by atomic mass is 16.5. The monoisotopic (exact) mass is 288 g/mol. The quantitative estimate of drug-likeness (QED) is 0.616. The fourth-order valence-electron chi connectivity index (χ4n) is 2.42. The standard InChI is InChI=1S/C21H20O/c1-3-7-18(8-4-1)11-12-19-13-15-20(16-14-19)17-22-21-9-5-2-6-10-21/h1-10,13-16H,11-12,17H2. The Hall–Kier alpha value is -2.54. The summed E-state index contributed by atoms with van der Waals surface area (Å²) < 4.78 is 5.76. The first-order valence-corrected chi connectivity index (χ1v) is 7.70.